The molecule has 0 unspecified atom stereocenters. The molecule has 0 heterocycles. The van der Waals surface area contributed by atoms with Gasteiger partial charge in [0.1, 0.15) is 11.5 Å². The van der Waals surface area contributed by atoms with Crippen LogP contribution in [0.1, 0.15) is 25.7 Å². The lowest BCUT2D eigenvalue weighted by Crippen LogP contribution is -2.34. The molecule has 1 N–H and O–H groups in total. The highest BCUT2D eigenvalue weighted by atomic mass is 16.3. The summed E-state index contributed by atoms with van der Waals surface area (Å²) >= 11 is 0. The quantitative estimate of drug-likeness (QED) is 0.695. The van der Waals surface area contributed by atoms with Crippen LogP contribution >= 0.6 is 0 Å². The van der Waals surface area contributed by atoms with Crippen LogP contribution in [0.5, 0.6) is 0 Å². The minimum absolute atomic E-state index is 0.0947. The van der Waals surface area contributed by atoms with Crippen molar-refractivity contribution in [3.05, 3.63) is 37.1 Å². The van der Waals surface area contributed by atoms with Crippen LogP contribution in [0.2, 0.25) is 0 Å². The highest BCUT2D eigenvalue weighted by molar-refractivity contribution is 5.89. The Balaban J connectivity index is 3.07. The van der Waals surface area contributed by atoms with Crippen molar-refractivity contribution in [1.82, 2.24) is 0 Å². The van der Waals surface area contributed by atoms with Crippen LogP contribution in [-0.4, -0.2) is 10.9 Å². The fourth-order valence-corrected chi connectivity index (χ4v) is 1.93. The van der Waals surface area contributed by atoms with Crippen LogP contribution < -0.4 is 0 Å². The molecule has 2 nitrogen and oxygen atoms in total. The van der Waals surface area contributed by atoms with E-state index in [0.29, 0.717) is 25.7 Å². The lowest BCUT2D eigenvalue weighted by atomic mass is 9.71. The molecule has 0 aromatic heterocycles. The average Bonchev–Trinajstić information content (AvgIpc) is 2.15. The van der Waals surface area contributed by atoms with Crippen LogP contribution in [0, 0.1) is 5.41 Å². The predicted molar refractivity (Wildman–Crippen MR) is 57.0 cm³/mol. The molecular weight excluding hydrogens is 176 g/mol. The summed E-state index contributed by atoms with van der Waals surface area (Å²) in [7, 11) is 0. The molecule has 76 valence electrons. The second-order valence-electron chi connectivity index (χ2n) is 3.62. The maximum absolute atomic E-state index is 11.8. The van der Waals surface area contributed by atoms with Gasteiger partial charge < -0.3 is 5.11 Å². The molecule has 0 radical (unpaired) electrons. The minimum atomic E-state index is -0.762. The third-order valence-electron chi connectivity index (χ3n) is 2.72. The van der Waals surface area contributed by atoms with Crippen molar-refractivity contribution in [3.8, 4) is 0 Å². The Morgan fingerprint density at radius 3 is 2.43 bits per heavy atom. The normalized spacial score (nSPS) is 20.0. The minimum Gasteiger partial charge on any atom is -0.512 e. The second kappa shape index (κ2) is 4.27. The highest BCUT2D eigenvalue weighted by Crippen LogP contribution is 2.40. The monoisotopic (exact) mass is 192 g/mol. The third-order valence-corrected chi connectivity index (χ3v) is 2.72. The first-order chi connectivity index (χ1) is 6.67. The molecule has 0 bridgehead atoms. The molecule has 0 spiro atoms. The Kier molecular flexibility index (Phi) is 3.28. The first-order valence-corrected chi connectivity index (χ1v) is 4.82. The number of aliphatic hydroxyl groups is 1. The SMILES string of the molecule is C=CCC1(CC=C)C(=O)CCC=C1O. The summed E-state index contributed by atoms with van der Waals surface area (Å²) in [5.41, 5.74) is -0.762. The van der Waals surface area contributed by atoms with Gasteiger partial charge in [-0.1, -0.05) is 12.2 Å². The molecule has 0 saturated carbocycles. The number of hydrogen-bond donors (Lipinski definition) is 1. The first kappa shape index (κ1) is 10.8. The molecule has 0 saturated heterocycles. The maximum Gasteiger partial charge on any atom is 0.147 e. The van der Waals surface area contributed by atoms with Crippen LogP contribution in [0.15, 0.2) is 37.1 Å². The molecular formula is C12H16O2. The fraction of sp³-hybridized carbons (Fsp3) is 0.417. The van der Waals surface area contributed by atoms with E-state index in [0.717, 1.165) is 0 Å². The first-order valence-electron chi connectivity index (χ1n) is 4.82. The summed E-state index contributed by atoms with van der Waals surface area (Å²) in [6.45, 7) is 7.25. The molecule has 0 atom stereocenters. The van der Waals surface area contributed by atoms with E-state index >= 15 is 0 Å². The van der Waals surface area contributed by atoms with Gasteiger partial charge in [0.05, 0.1) is 5.41 Å². The Labute approximate surface area is 84.6 Å². The number of allylic oxidation sites excluding steroid dienone is 4. The summed E-state index contributed by atoms with van der Waals surface area (Å²) in [5.74, 6) is 0.283. The van der Waals surface area contributed by atoms with Crippen LogP contribution in [-0.2, 0) is 4.79 Å². The lowest BCUT2D eigenvalue weighted by Gasteiger charge is -2.32. The van der Waals surface area contributed by atoms with E-state index in [4.69, 9.17) is 0 Å². The van der Waals surface area contributed by atoms with Gasteiger partial charge in [-0.3, -0.25) is 4.79 Å². The zero-order chi connectivity index (χ0) is 10.6. The van der Waals surface area contributed by atoms with Gasteiger partial charge in [0.25, 0.3) is 0 Å². The van der Waals surface area contributed by atoms with E-state index in [1.165, 1.54) is 0 Å². The summed E-state index contributed by atoms with van der Waals surface area (Å²) < 4.78 is 0. The van der Waals surface area contributed by atoms with E-state index < -0.39 is 5.41 Å². The van der Waals surface area contributed by atoms with Crippen LogP contribution in [0.4, 0.5) is 0 Å². The van der Waals surface area contributed by atoms with Gasteiger partial charge in [0.15, 0.2) is 0 Å². The van der Waals surface area contributed by atoms with E-state index in [1.807, 2.05) is 0 Å². The number of Topliss-reactive ketones (excluding diaryl/α,β-unsaturated/α-hetero) is 1. The van der Waals surface area contributed by atoms with Crippen molar-refractivity contribution in [3.63, 3.8) is 0 Å². The topological polar surface area (TPSA) is 37.3 Å². The standard InChI is InChI=1S/C12H16O2/c1-3-8-12(9-4-2)10(13)6-5-7-11(12)14/h3-4,6,13H,1-2,5,7-9H2. The molecule has 2 heteroatoms. The highest BCUT2D eigenvalue weighted by Gasteiger charge is 2.41. The van der Waals surface area contributed by atoms with Crippen molar-refractivity contribution >= 4 is 5.78 Å². The molecule has 0 amide bonds. The van der Waals surface area contributed by atoms with Gasteiger partial charge >= 0.3 is 0 Å². The van der Waals surface area contributed by atoms with Gasteiger partial charge in [-0.25, -0.2) is 0 Å². The number of hydrogen-bond acceptors (Lipinski definition) is 2. The van der Waals surface area contributed by atoms with Crippen molar-refractivity contribution in [2.24, 2.45) is 5.41 Å². The summed E-state index contributed by atoms with van der Waals surface area (Å²) in [6.07, 6.45) is 7.20. The zero-order valence-electron chi connectivity index (χ0n) is 8.33. The van der Waals surface area contributed by atoms with Crippen LogP contribution in [0.25, 0.3) is 0 Å². The third kappa shape index (κ3) is 1.65. The summed E-state index contributed by atoms with van der Waals surface area (Å²) in [6, 6.07) is 0. The van der Waals surface area contributed by atoms with Gasteiger partial charge in [0, 0.05) is 6.42 Å². The molecule has 1 aliphatic rings. The number of carbonyl (C=O) groups is 1. The van der Waals surface area contributed by atoms with Crippen molar-refractivity contribution in [1.29, 1.82) is 0 Å². The second-order valence-corrected chi connectivity index (χ2v) is 3.62. The van der Waals surface area contributed by atoms with E-state index in [9.17, 15) is 9.90 Å². The molecule has 1 rings (SSSR count). The average molecular weight is 192 g/mol. The molecule has 14 heavy (non-hydrogen) atoms. The van der Waals surface area contributed by atoms with E-state index in [-0.39, 0.29) is 11.5 Å². The van der Waals surface area contributed by atoms with Gasteiger partial charge in [-0.15, -0.1) is 13.2 Å². The Hall–Kier alpha value is -1.31. The van der Waals surface area contributed by atoms with Gasteiger partial charge in [-0.05, 0) is 25.3 Å². The maximum atomic E-state index is 11.8. The number of aliphatic hydroxyl groups excluding tert-OH is 1. The predicted octanol–water partition coefficient (Wildman–Crippen LogP) is 2.93. The number of rotatable bonds is 4. The summed E-state index contributed by atoms with van der Waals surface area (Å²) in [5, 5.41) is 9.80. The number of carbonyl (C=O) groups excluding carboxylic acids is 1. The summed E-state index contributed by atoms with van der Waals surface area (Å²) in [4.78, 5) is 11.8. The van der Waals surface area contributed by atoms with Crippen molar-refractivity contribution < 1.29 is 9.90 Å². The molecule has 0 aromatic rings. The van der Waals surface area contributed by atoms with Crippen molar-refractivity contribution in [2.75, 3.05) is 0 Å². The Bertz CT molecular complexity index is 277. The largest absolute Gasteiger partial charge is 0.512 e. The Morgan fingerprint density at radius 2 is 2.00 bits per heavy atom. The van der Waals surface area contributed by atoms with E-state index in [2.05, 4.69) is 13.2 Å². The fourth-order valence-electron chi connectivity index (χ4n) is 1.93. The van der Waals surface area contributed by atoms with E-state index in [1.54, 1.807) is 18.2 Å². The van der Waals surface area contributed by atoms with Gasteiger partial charge in [0.2, 0.25) is 0 Å². The Morgan fingerprint density at radius 1 is 1.43 bits per heavy atom. The zero-order valence-corrected chi connectivity index (χ0v) is 8.33. The van der Waals surface area contributed by atoms with Crippen molar-refractivity contribution in [2.45, 2.75) is 25.7 Å². The molecule has 0 aliphatic heterocycles. The van der Waals surface area contributed by atoms with Crippen LogP contribution in [0.3, 0.4) is 0 Å². The molecule has 0 aromatic carbocycles. The number of ketones is 1. The smallest absolute Gasteiger partial charge is 0.147 e. The lowest BCUT2D eigenvalue weighted by molar-refractivity contribution is -0.128. The molecule has 0 fully saturated rings. The van der Waals surface area contributed by atoms with Gasteiger partial charge in [-0.2, -0.15) is 0 Å². The molecule has 1 aliphatic carbocycles.